The number of hydrogen-bond acceptors (Lipinski definition) is 3. The van der Waals surface area contributed by atoms with Crippen molar-refractivity contribution >= 4 is 33.7 Å². The van der Waals surface area contributed by atoms with Gasteiger partial charge in [0.1, 0.15) is 6.04 Å². The molecular weight excluding hydrogens is 314 g/mol. The van der Waals surface area contributed by atoms with E-state index in [1.54, 1.807) is 24.3 Å². The molecule has 21 heavy (non-hydrogen) atoms. The standard InChI is InChI=1S/C14H18ClNO4S/c1-10(2)9-13(14(17)18)16-21(19,20)8-7-11-3-5-12(15)6-4-11/h3-8,10,13,16H,9H2,1-2H3,(H,17,18)/b8-7+/t13-/m0/s1. The second-order valence-corrected chi connectivity index (χ2v) is 7.07. The molecule has 0 spiro atoms. The molecule has 0 aliphatic heterocycles. The smallest absolute Gasteiger partial charge is 0.321 e. The summed E-state index contributed by atoms with van der Waals surface area (Å²) in [6.07, 6.45) is 1.61. The minimum absolute atomic E-state index is 0.0639. The minimum Gasteiger partial charge on any atom is -0.480 e. The van der Waals surface area contributed by atoms with Crippen molar-refractivity contribution in [2.75, 3.05) is 0 Å². The predicted octanol–water partition coefficient (Wildman–Crippen LogP) is 2.73. The lowest BCUT2D eigenvalue weighted by atomic mass is 10.1. The summed E-state index contributed by atoms with van der Waals surface area (Å²) in [4.78, 5) is 11.1. The van der Waals surface area contributed by atoms with E-state index in [2.05, 4.69) is 4.72 Å². The number of carboxylic acids is 1. The molecule has 0 bridgehead atoms. The maximum Gasteiger partial charge on any atom is 0.321 e. The molecular formula is C14H18ClNO4S. The van der Waals surface area contributed by atoms with Crippen molar-refractivity contribution in [3.05, 3.63) is 40.3 Å². The van der Waals surface area contributed by atoms with Crippen LogP contribution < -0.4 is 4.72 Å². The number of benzene rings is 1. The van der Waals surface area contributed by atoms with Crippen LogP contribution in [0, 0.1) is 5.92 Å². The van der Waals surface area contributed by atoms with Gasteiger partial charge >= 0.3 is 5.97 Å². The molecule has 7 heteroatoms. The Morgan fingerprint density at radius 2 is 1.90 bits per heavy atom. The van der Waals surface area contributed by atoms with Crippen LogP contribution in [0.25, 0.3) is 6.08 Å². The summed E-state index contributed by atoms with van der Waals surface area (Å²) in [5.41, 5.74) is 0.653. The zero-order chi connectivity index (χ0) is 16.0. The average molecular weight is 332 g/mol. The molecule has 1 aromatic rings. The third-order valence-corrected chi connectivity index (χ3v) is 3.98. The van der Waals surface area contributed by atoms with Crippen LogP contribution in [0.4, 0.5) is 0 Å². The summed E-state index contributed by atoms with van der Waals surface area (Å²) in [5.74, 6) is -1.12. The van der Waals surface area contributed by atoms with E-state index in [1.807, 2.05) is 13.8 Å². The number of carboxylic acid groups (broad SMARTS) is 1. The molecule has 116 valence electrons. The van der Waals surface area contributed by atoms with Gasteiger partial charge < -0.3 is 5.11 Å². The van der Waals surface area contributed by atoms with Gasteiger partial charge in [0.05, 0.1) is 0 Å². The quantitative estimate of drug-likeness (QED) is 0.804. The van der Waals surface area contributed by atoms with Gasteiger partial charge in [-0.05, 0) is 36.1 Å². The Morgan fingerprint density at radius 1 is 1.33 bits per heavy atom. The monoisotopic (exact) mass is 331 g/mol. The molecule has 1 atom stereocenters. The zero-order valence-electron chi connectivity index (χ0n) is 11.8. The van der Waals surface area contributed by atoms with Gasteiger partial charge in [-0.3, -0.25) is 4.79 Å². The van der Waals surface area contributed by atoms with Crippen molar-refractivity contribution < 1.29 is 18.3 Å². The van der Waals surface area contributed by atoms with Gasteiger partial charge in [0.15, 0.2) is 0 Å². The van der Waals surface area contributed by atoms with Gasteiger partial charge in [0.25, 0.3) is 0 Å². The maximum atomic E-state index is 11.9. The third kappa shape index (κ3) is 6.75. The lowest BCUT2D eigenvalue weighted by Crippen LogP contribution is -2.40. The van der Waals surface area contributed by atoms with Gasteiger partial charge in [-0.15, -0.1) is 0 Å². The van der Waals surface area contributed by atoms with Gasteiger partial charge in [-0.2, -0.15) is 4.72 Å². The number of hydrogen-bond donors (Lipinski definition) is 2. The van der Waals surface area contributed by atoms with Crippen molar-refractivity contribution in [3.8, 4) is 0 Å². The van der Waals surface area contributed by atoms with Crippen LogP contribution in [0.15, 0.2) is 29.7 Å². The first-order valence-corrected chi connectivity index (χ1v) is 8.31. The Balaban J connectivity index is 2.80. The molecule has 0 saturated heterocycles. The van der Waals surface area contributed by atoms with Crippen molar-refractivity contribution in [1.82, 2.24) is 4.72 Å². The van der Waals surface area contributed by atoms with Crippen LogP contribution in [0.3, 0.4) is 0 Å². The predicted molar refractivity (Wildman–Crippen MR) is 83.4 cm³/mol. The highest BCUT2D eigenvalue weighted by atomic mass is 35.5. The highest BCUT2D eigenvalue weighted by Crippen LogP contribution is 2.12. The highest BCUT2D eigenvalue weighted by molar-refractivity contribution is 7.92. The van der Waals surface area contributed by atoms with Crippen LogP contribution in [-0.2, 0) is 14.8 Å². The Hall–Kier alpha value is -1.37. The van der Waals surface area contributed by atoms with Crippen molar-refractivity contribution in [1.29, 1.82) is 0 Å². The first kappa shape index (κ1) is 17.7. The summed E-state index contributed by atoms with van der Waals surface area (Å²) in [5, 5.41) is 10.5. The number of rotatable bonds is 7. The van der Waals surface area contributed by atoms with E-state index in [-0.39, 0.29) is 12.3 Å². The Bertz CT molecular complexity index is 608. The molecule has 0 radical (unpaired) electrons. The number of nitrogens with one attached hydrogen (secondary N) is 1. The summed E-state index contributed by atoms with van der Waals surface area (Å²) in [6, 6.07) is 5.47. The van der Waals surface area contributed by atoms with Crippen LogP contribution >= 0.6 is 11.6 Å². The Labute approximate surface area is 129 Å². The van der Waals surface area contributed by atoms with Crippen LogP contribution in [0.1, 0.15) is 25.8 Å². The van der Waals surface area contributed by atoms with E-state index in [9.17, 15) is 13.2 Å². The Morgan fingerprint density at radius 3 is 2.38 bits per heavy atom. The second kappa shape index (κ2) is 7.59. The molecule has 1 rings (SSSR count). The molecule has 0 aromatic heterocycles. The highest BCUT2D eigenvalue weighted by Gasteiger charge is 2.23. The molecule has 0 aliphatic rings. The van der Waals surface area contributed by atoms with Gasteiger partial charge in [-0.1, -0.05) is 37.6 Å². The number of carbonyl (C=O) groups is 1. The Kier molecular flexibility index (Phi) is 6.39. The molecule has 0 unspecified atom stereocenters. The number of halogens is 1. The summed E-state index contributed by atoms with van der Waals surface area (Å²) in [6.45, 7) is 3.65. The lowest BCUT2D eigenvalue weighted by Gasteiger charge is -2.15. The fourth-order valence-corrected chi connectivity index (χ4v) is 2.78. The second-order valence-electron chi connectivity index (χ2n) is 5.04. The summed E-state index contributed by atoms with van der Waals surface area (Å²) in [7, 11) is -3.82. The van der Waals surface area contributed by atoms with Gasteiger partial charge in [0.2, 0.25) is 10.0 Å². The third-order valence-electron chi connectivity index (χ3n) is 2.62. The molecule has 0 fully saturated rings. The van der Waals surface area contributed by atoms with E-state index in [1.165, 1.54) is 6.08 Å². The molecule has 0 saturated carbocycles. The SMILES string of the molecule is CC(C)C[C@H](NS(=O)(=O)/C=C/c1ccc(Cl)cc1)C(=O)O. The molecule has 5 nitrogen and oxygen atoms in total. The molecule has 0 amide bonds. The van der Waals surface area contributed by atoms with Crippen LogP contribution in [0.2, 0.25) is 5.02 Å². The van der Waals surface area contributed by atoms with Crippen molar-refractivity contribution in [2.24, 2.45) is 5.92 Å². The normalized spacial score (nSPS) is 13.7. The van der Waals surface area contributed by atoms with Crippen molar-refractivity contribution in [3.63, 3.8) is 0 Å². The molecule has 0 aliphatic carbocycles. The first-order valence-electron chi connectivity index (χ1n) is 6.38. The van der Waals surface area contributed by atoms with Crippen LogP contribution in [0.5, 0.6) is 0 Å². The summed E-state index contributed by atoms with van der Waals surface area (Å²) >= 11 is 5.73. The largest absolute Gasteiger partial charge is 0.480 e. The molecule has 1 aromatic carbocycles. The van der Waals surface area contributed by atoms with Crippen molar-refractivity contribution in [2.45, 2.75) is 26.3 Å². The van der Waals surface area contributed by atoms with Gasteiger partial charge in [-0.25, -0.2) is 8.42 Å². The van der Waals surface area contributed by atoms with E-state index in [0.29, 0.717) is 10.6 Å². The van der Waals surface area contributed by atoms with E-state index >= 15 is 0 Å². The fraction of sp³-hybridized carbons (Fsp3) is 0.357. The van der Waals surface area contributed by atoms with Crippen LogP contribution in [-0.4, -0.2) is 25.5 Å². The first-order chi connectivity index (χ1) is 9.69. The lowest BCUT2D eigenvalue weighted by molar-refractivity contribution is -0.139. The molecule has 2 N–H and O–H groups in total. The molecule has 0 heterocycles. The fourth-order valence-electron chi connectivity index (χ4n) is 1.65. The number of sulfonamides is 1. The van der Waals surface area contributed by atoms with E-state index < -0.39 is 22.0 Å². The summed E-state index contributed by atoms with van der Waals surface area (Å²) < 4.78 is 25.9. The average Bonchev–Trinajstić information content (AvgIpc) is 2.36. The van der Waals surface area contributed by atoms with Gasteiger partial charge in [0, 0.05) is 10.4 Å². The van der Waals surface area contributed by atoms with E-state index in [0.717, 1.165) is 5.41 Å². The van der Waals surface area contributed by atoms with E-state index in [4.69, 9.17) is 16.7 Å². The zero-order valence-corrected chi connectivity index (χ0v) is 13.4. The number of aliphatic carboxylic acids is 1. The minimum atomic E-state index is -3.82. The topological polar surface area (TPSA) is 83.5 Å². The maximum absolute atomic E-state index is 11.9.